The molecule has 1 atom stereocenters. The summed E-state index contributed by atoms with van der Waals surface area (Å²) in [7, 11) is 0. The van der Waals surface area contributed by atoms with Gasteiger partial charge in [0.05, 0.1) is 5.39 Å². The van der Waals surface area contributed by atoms with Crippen LogP contribution < -0.4 is 4.90 Å². The Morgan fingerprint density at radius 1 is 1.09 bits per heavy atom. The van der Waals surface area contributed by atoms with E-state index in [-0.39, 0.29) is 5.91 Å². The van der Waals surface area contributed by atoms with Crippen molar-refractivity contribution in [1.29, 1.82) is 0 Å². The quantitative estimate of drug-likeness (QED) is 0.480. The van der Waals surface area contributed by atoms with Gasteiger partial charge in [0.2, 0.25) is 0 Å². The first-order valence-corrected chi connectivity index (χ1v) is 12.4. The van der Waals surface area contributed by atoms with Crippen LogP contribution in [0.15, 0.2) is 53.1 Å². The number of aromatic amines is 1. The van der Waals surface area contributed by atoms with E-state index in [0.29, 0.717) is 11.7 Å². The number of aromatic nitrogens is 2. The summed E-state index contributed by atoms with van der Waals surface area (Å²) in [6.45, 7) is 7.84. The number of anilines is 1. The lowest BCUT2D eigenvalue weighted by atomic mass is 10.1. The summed E-state index contributed by atoms with van der Waals surface area (Å²) in [6.07, 6.45) is 3.21. The molecule has 2 aromatic carbocycles. The van der Waals surface area contributed by atoms with Crippen LogP contribution in [0.5, 0.6) is 0 Å². The minimum Gasteiger partial charge on any atom is -0.354 e. The molecule has 2 aliphatic rings. The number of hydrogen-bond acceptors (Lipinski definition) is 5. The van der Waals surface area contributed by atoms with Crippen LogP contribution >= 0.6 is 0 Å². The van der Waals surface area contributed by atoms with Crippen LogP contribution in [-0.4, -0.2) is 71.2 Å². The molecule has 7 heteroatoms. The van der Waals surface area contributed by atoms with Crippen LogP contribution in [0.3, 0.4) is 0 Å². The van der Waals surface area contributed by atoms with Gasteiger partial charge in [-0.15, -0.1) is 0 Å². The molecule has 1 amide bonds. The van der Waals surface area contributed by atoms with Gasteiger partial charge >= 0.3 is 0 Å². The minimum absolute atomic E-state index is 0.138. The van der Waals surface area contributed by atoms with E-state index in [1.54, 1.807) is 0 Å². The Morgan fingerprint density at radius 2 is 1.94 bits per heavy atom. The summed E-state index contributed by atoms with van der Waals surface area (Å²) in [5, 5.41) is 6.50. The molecule has 0 radical (unpaired) electrons. The fourth-order valence-electron chi connectivity index (χ4n) is 5.53. The highest BCUT2D eigenvalue weighted by atomic mass is 16.5. The molecule has 0 bridgehead atoms. The monoisotopic (exact) mass is 457 g/mol. The molecule has 0 unspecified atom stereocenters. The van der Waals surface area contributed by atoms with Crippen molar-refractivity contribution in [3.8, 4) is 0 Å². The fraction of sp³-hybridized carbons (Fsp3) is 0.407. The molecule has 2 aliphatic heterocycles. The lowest BCUT2D eigenvalue weighted by molar-refractivity contribution is 0.0715. The number of hydrogen-bond donors (Lipinski definition) is 1. The lowest BCUT2D eigenvalue weighted by Crippen LogP contribution is -2.48. The zero-order chi connectivity index (χ0) is 23.1. The lowest BCUT2D eigenvalue weighted by Gasteiger charge is -2.35. The smallest absolute Gasteiger partial charge is 0.270 e. The highest BCUT2D eigenvalue weighted by Crippen LogP contribution is 2.28. The molecule has 7 nitrogen and oxygen atoms in total. The van der Waals surface area contributed by atoms with Gasteiger partial charge in [0, 0.05) is 56.2 Å². The second-order valence-electron chi connectivity index (χ2n) is 9.69. The number of para-hydroxylation sites is 1. The van der Waals surface area contributed by atoms with E-state index >= 15 is 0 Å². The van der Waals surface area contributed by atoms with Crippen LogP contribution in [0.2, 0.25) is 0 Å². The van der Waals surface area contributed by atoms with Gasteiger partial charge in [0.25, 0.3) is 5.91 Å². The first-order chi connectivity index (χ1) is 16.7. The summed E-state index contributed by atoms with van der Waals surface area (Å²) in [6, 6.07) is 16.7. The van der Waals surface area contributed by atoms with Gasteiger partial charge in [-0.1, -0.05) is 29.4 Å². The summed E-state index contributed by atoms with van der Waals surface area (Å²) in [5.41, 5.74) is 3.79. The first kappa shape index (κ1) is 21.2. The van der Waals surface area contributed by atoms with Crippen LogP contribution in [0.4, 0.5) is 5.82 Å². The molecule has 176 valence electrons. The largest absolute Gasteiger partial charge is 0.354 e. The Balaban J connectivity index is 1.05. The number of rotatable bonds is 5. The van der Waals surface area contributed by atoms with Gasteiger partial charge in [-0.2, -0.15) is 0 Å². The highest BCUT2D eigenvalue weighted by molar-refractivity contribution is 5.98. The number of likely N-dealkylation sites (tertiary alicyclic amines) is 1. The first-order valence-electron chi connectivity index (χ1n) is 12.4. The number of benzene rings is 2. The predicted octanol–water partition coefficient (Wildman–Crippen LogP) is 4.43. The zero-order valence-electron chi connectivity index (χ0n) is 19.7. The van der Waals surface area contributed by atoms with Gasteiger partial charge in [-0.05, 0) is 56.0 Å². The fourth-order valence-corrected chi connectivity index (χ4v) is 5.53. The van der Waals surface area contributed by atoms with E-state index < -0.39 is 0 Å². The molecule has 2 saturated heterocycles. The second kappa shape index (κ2) is 8.80. The third-order valence-electron chi connectivity index (χ3n) is 7.46. The van der Waals surface area contributed by atoms with Crippen molar-refractivity contribution in [2.75, 3.05) is 44.2 Å². The SMILES string of the molecule is Cc1ccc2cc(C(=O)N3CCC[C@H]3CCN3CCN(c4noc5ccccc45)CC3)[nH]c2c1. The maximum Gasteiger partial charge on any atom is 0.270 e. The number of piperazine rings is 1. The van der Waals surface area contributed by atoms with Crippen molar-refractivity contribution in [1.82, 2.24) is 19.9 Å². The maximum atomic E-state index is 13.3. The number of fused-ring (bicyclic) bond motifs is 2. The van der Waals surface area contributed by atoms with Gasteiger partial charge in [0.15, 0.2) is 11.4 Å². The number of aryl methyl sites for hydroxylation is 1. The number of H-pyrrole nitrogens is 1. The molecule has 6 rings (SSSR count). The van der Waals surface area contributed by atoms with Crippen molar-refractivity contribution in [2.45, 2.75) is 32.2 Å². The standard InChI is InChI=1S/C27H31N5O2/c1-19-8-9-20-18-24(28-23(20)17-19)27(33)32-11-4-5-21(32)10-12-30-13-15-31(16-14-30)26-22-6-2-3-7-25(22)34-29-26/h2-3,6-9,17-18,21,28H,4-5,10-16H2,1H3/t21-/m0/s1. The average molecular weight is 458 g/mol. The van der Waals surface area contributed by atoms with Gasteiger partial charge in [-0.3, -0.25) is 9.69 Å². The number of nitrogens with one attached hydrogen (secondary N) is 1. The van der Waals surface area contributed by atoms with Crippen LogP contribution in [0.25, 0.3) is 21.9 Å². The van der Waals surface area contributed by atoms with E-state index in [2.05, 4.69) is 56.0 Å². The van der Waals surface area contributed by atoms with E-state index in [9.17, 15) is 4.79 Å². The molecule has 1 N–H and O–H groups in total. The molecule has 0 spiro atoms. The molecular formula is C27H31N5O2. The number of nitrogens with zero attached hydrogens (tertiary/aromatic N) is 4. The van der Waals surface area contributed by atoms with Crippen LogP contribution in [0, 0.1) is 6.92 Å². The van der Waals surface area contributed by atoms with Crippen molar-refractivity contribution in [2.24, 2.45) is 0 Å². The normalized spacial score (nSPS) is 19.5. The van der Waals surface area contributed by atoms with Crippen molar-refractivity contribution in [3.63, 3.8) is 0 Å². The molecule has 2 aromatic heterocycles. The number of carbonyl (C=O) groups is 1. The third-order valence-corrected chi connectivity index (χ3v) is 7.46. The Hall–Kier alpha value is -3.32. The van der Waals surface area contributed by atoms with Crippen molar-refractivity contribution >= 4 is 33.6 Å². The van der Waals surface area contributed by atoms with E-state index in [4.69, 9.17) is 4.52 Å². The second-order valence-corrected chi connectivity index (χ2v) is 9.69. The minimum atomic E-state index is 0.138. The summed E-state index contributed by atoms with van der Waals surface area (Å²) < 4.78 is 5.49. The zero-order valence-corrected chi connectivity index (χ0v) is 19.7. The van der Waals surface area contributed by atoms with Gasteiger partial charge in [-0.25, -0.2) is 0 Å². The molecular weight excluding hydrogens is 426 g/mol. The van der Waals surface area contributed by atoms with Crippen LogP contribution in [-0.2, 0) is 0 Å². The van der Waals surface area contributed by atoms with Gasteiger partial charge < -0.3 is 19.3 Å². The summed E-state index contributed by atoms with van der Waals surface area (Å²) >= 11 is 0. The maximum absolute atomic E-state index is 13.3. The molecule has 4 heterocycles. The Kier molecular flexibility index (Phi) is 5.49. The molecule has 0 saturated carbocycles. The van der Waals surface area contributed by atoms with E-state index in [1.165, 1.54) is 5.56 Å². The van der Waals surface area contributed by atoms with Gasteiger partial charge in [0.1, 0.15) is 5.69 Å². The molecule has 34 heavy (non-hydrogen) atoms. The topological polar surface area (TPSA) is 68.6 Å². The Labute approximate surface area is 199 Å². The highest BCUT2D eigenvalue weighted by Gasteiger charge is 2.31. The molecule has 4 aromatic rings. The Morgan fingerprint density at radius 3 is 2.82 bits per heavy atom. The average Bonchev–Trinajstić information content (AvgIpc) is 3.60. The predicted molar refractivity (Wildman–Crippen MR) is 134 cm³/mol. The van der Waals surface area contributed by atoms with Crippen molar-refractivity contribution in [3.05, 3.63) is 59.8 Å². The number of carbonyl (C=O) groups excluding carboxylic acids is 1. The molecule has 0 aliphatic carbocycles. The third kappa shape index (κ3) is 3.94. The van der Waals surface area contributed by atoms with E-state index in [1.807, 2.05) is 24.3 Å². The molecule has 2 fully saturated rings. The Bertz CT molecular complexity index is 1320. The summed E-state index contributed by atoms with van der Waals surface area (Å²) in [5.74, 6) is 1.09. The summed E-state index contributed by atoms with van der Waals surface area (Å²) in [4.78, 5) is 23.6. The van der Waals surface area contributed by atoms with E-state index in [0.717, 1.165) is 86.2 Å². The van der Waals surface area contributed by atoms with Crippen molar-refractivity contribution < 1.29 is 9.32 Å². The number of amides is 1. The van der Waals surface area contributed by atoms with Crippen LogP contribution in [0.1, 0.15) is 35.3 Å².